The molecule has 0 unspecified atom stereocenters. The van der Waals surface area contributed by atoms with Crippen LogP contribution in [0.15, 0.2) is 127 Å². The van der Waals surface area contributed by atoms with Crippen molar-refractivity contribution in [2.24, 2.45) is 0 Å². The van der Waals surface area contributed by atoms with Crippen molar-refractivity contribution in [3.05, 3.63) is 167 Å². The van der Waals surface area contributed by atoms with Crippen LogP contribution in [0, 0.1) is 12.9 Å². The molecular formula is C61H66N3OPt-. The molecule has 0 fully saturated rings. The first-order valence-electron chi connectivity index (χ1n) is 26.3. The average Bonchev–Trinajstić information content (AvgIpc) is 3.69. The van der Waals surface area contributed by atoms with Gasteiger partial charge < -0.3 is 5.11 Å². The molecule has 0 aliphatic rings. The molecule has 5 heteroatoms. The Balaban J connectivity index is 0.00000780. The zero-order chi connectivity index (χ0) is 52.7. The normalized spacial score (nSPS) is 14.0. The Labute approximate surface area is 418 Å². The molecule has 2 aromatic heterocycles. The van der Waals surface area contributed by atoms with Crippen molar-refractivity contribution in [2.75, 3.05) is 0 Å². The Morgan fingerprint density at radius 3 is 1.89 bits per heavy atom. The van der Waals surface area contributed by atoms with E-state index < -0.39 is 36.6 Å². The van der Waals surface area contributed by atoms with Crippen molar-refractivity contribution in [1.82, 2.24) is 14.5 Å². The summed E-state index contributed by atoms with van der Waals surface area (Å²) in [6.07, 6.45) is 1.56. The first-order valence-corrected chi connectivity index (χ1v) is 22.8. The molecule has 8 aromatic rings. The van der Waals surface area contributed by atoms with E-state index in [1.165, 1.54) is 11.1 Å². The summed E-state index contributed by atoms with van der Waals surface area (Å²) in [5.74, 6) is 1.01. The Morgan fingerprint density at radius 2 is 1.27 bits per heavy atom. The van der Waals surface area contributed by atoms with E-state index in [9.17, 15) is 5.11 Å². The smallest absolute Gasteiger partial charge is 0.148 e. The van der Waals surface area contributed by atoms with Gasteiger partial charge in [0, 0.05) is 42.6 Å². The van der Waals surface area contributed by atoms with Gasteiger partial charge in [0.2, 0.25) is 0 Å². The second kappa shape index (κ2) is 18.3. The van der Waals surface area contributed by atoms with Crippen LogP contribution in [0.4, 0.5) is 0 Å². The summed E-state index contributed by atoms with van der Waals surface area (Å²) >= 11 is 0. The van der Waals surface area contributed by atoms with Gasteiger partial charge in [0.15, 0.2) is 0 Å². The molecule has 6 aromatic carbocycles. The van der Waals surface area contributed by atoms with Crippen molar-refractivity contribution in [3.63, 3.8) is 0 Å². The number of rotatable bonds is 8. The number of benzene rings is 6. The SMILES string of the molecule is [2H]c1c([2H])c(C([2H])([2H])[2H])c([2H])c([2H])c1-c1ccnc(-c2[c-]c(-c3cccc4c3nc(-c3cc(C(C)C)cc(C(C)C)c3O)n4-c3ccc(C(C)(C)C)cc3-c3ccc(C(C)(C)C)cc3)cc(C(C)(C)C)c2)c1.[Pt]. The van der Waals surface area contributed by atoms with E-state index in [0.717, 1.165) is 50.1 Å². The molecule has 2 heterocycles. The van der Waals surface area contributed by atoms with Gasteiger partial charge in [-0.3, -0.25) is 9.55 Å². The first kappa shape index (κ1) is 39.6. The van der Waals surface area contributed by atoms with E-state index in [1.807, 2.05) is 18.2 Å². The van der Waals surface area contributed by atoms with E-state index in [0.29, 0.717) is 33.7 Å². The van der Waals surface area contributed by atoms with Gasteiger partial charge in [0.1, 0.15) is 11.6 Å². The number of pyridine rings is 1. The number of aromatic hydroxyl groups is 1. The first-order chi connectivity index (χ1) is 33.5. The number of aromatic nitrogens is 3. The van der Waals surface area contributed by atoms with Gasteiger partial charge in [-0.1, -0.05) is 185 Å². The number of phenols is 1. The minimum absolute atomic E-state index is 0. The summed E-state index contributed by atoms with van der Waals surface area (Å²) < 4.78 is 60.9. The monoisotopic (exact) mass is 1060 g/mol. The summed E-state index contributed by atoms with van der Waals surface area (Å²) in [5.41, 5.74) is 12.4. The molecule has 66 heavy (non-hydrogen) atoms. The molecular weight excluding hydrogens is 986 g/mol. The Bertz CT molecular complexity index is 3380. The molecule has 1 N–H and O–H groups in total. The van der Waals surface area contributed by atoms with Crippen LogP contribution in [0.3, 0.4) is 0 Å². The van der Waals surface area contributed by atoms with Crippen LogP contribution in [0.5, 0.6) is 5.75 Å². The molecule has 0 amide bonds. The third-order valence-corrected chi connectivity index (χ3v) is 12.5. The maximum absolute atomic E-state index is 12.4. The minimum atomic E-state index is -2.83. The van der Waals surface area contributed by atoms with E-state index in [4.69, 9.17) is 19.6 Å². The molecule has 0 saturated heterocycles. The zero-order valence-electron chi connectivity index (χ0n) is 47.6. The largest absolute Gasteiger partial charge is 0.507 e. The fourth-order valence-electron chi connectivity index (χ4n) is 8.42. The molecule has 0 saturated carbocycles. The van der Waals surface area contributed by atoms with Gasteiger partial charge in [-0.2, -0.15) is 0 Å². The van der Waals surface area contributed by atoms with Crippen LogP contribution < -0.4 is 0 Å². The fourth-order valence-corrected chi connectivity index (χ4v) is 8.42. The van der Waals surface area contributed by atoms with Crippen molar-refractivity contribution >= 4 is 11.0 Å². The maximum atomic E-state index is 12.4. The Morgan fingerprint density at radius 1 is 0.621 bits per heavy atom. The topological polar surface area (TPSA) is 50.9 Å². The quantitative estimate of drug-likeness (QED) is 0.154. The summed E-state index contributed by atoms with van der Waals surface area (Å²) in [4.78, 5) is 10.4. The van der Waals surface area contributed by atoms with Gasteiger partial charge >= 0.3 is 0 Å². The summed E-state index contributed by atoms with van der Waals surface area (Å²) in [5, 5.41) is 12.4. The summed E-state index contributed by atoms with van der Waals surface area (Å²) in [6, 6.07) is 35.0. The number of fused-ring (bicyclic) bond motifs is 1. The number of hydrogen-bond acceptors (Lipinski definition) is 3. The van der Waals surface area contributed by atoms with Crippen LogP contribution in [-0.4, -0.2) is 19.6 Å². The number of imidazole rings is 1. The van der Waals surface area contributed by atoms with Crippen LogP contribution in [0.1, 0.15) is 145 Å². The maximum Gasteiger partial charge on any atom is 0.148 e. The summed E-state index contributed by atoms with van der Waals surface area (Å²) in [6.45, 7) is 25.5. The van der Waals surface area contributed by atoms with E-state index in [-0.39, 0.29) is 60.5 Å². The minimum Gasteiger partial charge on any atom is -0.507 e. The van der Waals surface area contributed by atoms with Gasteiger partial charge in [0.25, 0.3) is 0 Å². The molecule has 0 bridgehead atoms. The van der Waals surface area contributed by atoms with Crippen LogP contribution in [0.2, 0.25) is 0 Å². The molecule has 0 aliphatic carbocycles. The number of phenolic OH excluding ortho intramolecular Hbond substituents is 1. The molecule has 342 valence electrons. The van der Waals surface area contributed by atoms with Crippen molar-refractivity contribution < 1.29 is 35.8 Å². The van der Waals surface area contributed by atoms with E-state index >= 15 is 0 Å². The molecule has 4 nitrogen and oxygen atoms in total. The molecule has 0 radical (unpaired) electrons. The van der Waals surface area contributed by atoms with Gasteiger partial charge in [-0.05, 0) is 104 Å². The second-order valence-electron chi connectivity index (χ2n) is 21.2. The van der Waals surface area contributed by atoms with Crippen molar-refractivity contribution in [3.8, 4) is 67.5 Å². The standard InChI is InChI=1S/C61H66N3O.Pt/c1-37(2)43-33-50(38(3)4)57(65)52(34-43)58-63-56-49(44-30-45(32-48(31-44)61(12,13)14)53-35-42(28-29-62-53)40-20-18-39(5)19-21-40)16-15-17-55(56)64(58)54-27-26-47(60(9,10)11)36-51(54)41-22-24-46(25-23-41)59(6,7)8;/h15-29,31-38,65H,1-14H3;/q-1;/i5D3,18D,19D,20D,21D;. The molecule has 8 rings (SSSR count). The Hall–Kier alpha value is -5.57. The second-order valence-corrected chi connectivity index (χ2v) is 21.2. The van der Waals surface area contributed by atoms with Gasteiger partial charge in [0.05, 0.1) is 27.8 Å². The third kappa shape index (κ3) is 9.63. The Kier molecular flexibility index (Phi) is 10.9. The number of para-hydroxylation sites is 1. The predicted octanol–water partition coefficient (Wildman–Crippen LogP) is 16.7. The third-order valence-electron chi connectivity index (χ3n) is 12.5. The predicted molar refractivity (Wildman–Crippen MR) is 276 cm³/mol. The van der Waals surface area contributed by atoms with Crippen molar-refractivity contribution in [2.45, 2.75) is 125 Å². The molecule has 0 aliphatic heterocycles. The molecule has 0 atom stereocenters. The average molecular weight is 1060 g/mol. The van der Waals surface area contributed by atoms with Crippen LogP contribution in [0.25, 0.3) is 72.7 Å². The fraction of sp³-hybridized carbons (Fsp3) is 0.311. The van der Waals surface area contributed by atoms with Crippen molar-refractivity contribution in [1.29, 1.82) is 0 Å². The van der Waals surface area contributed by atoms with Crippen LogP contribution >= 0.6 is 0 Å². The summed E-state index contributed by atoms with van der Waals surface area (Å²) in [7, 11) is 0. The van der Waals surface area contributed by atoms with E-state index in [2.05, 4.69) is 167 Å². The van der Waals surface area contributed by atoms with E-state index in [1.54, 1.807) is 18.3 Å². The van der Waals surface area contributed by atoms with Gasteiger partial charge in [-0.25, -0.2) is 4.98 Å². The number of hydrogen-bond donors (Lipinski definition) is 1. The number of nitrogens with zero attached hydrogens (tertiary/aromatic N) is 3. The zero-order valence-corrected chi connectivity index (χ0v) is 42.8. The molecule has 0 spiro atoms. The van der Waals surface area contributed by atoms with Gasteiger partial charge in [-0.15, -0.1) is 29.3 Å². The van der Waals surface area contributed by atoms with Crippen LogP contribution in [-0.2, 0) is 37.3 Å².